The van der Waals surface area contributed by atoms with Gasteiger partial charge in [0.2, 0.25) is 15.9 Å². The highest BCUT2D eigenvalue weighted by molar-refractivity contribution is 8.01. The van der Waals surface area contributed by atoms with Crippen molar-refractivity contribution in [1.82, 2.24) is 20.3 Å². The molecule has 1 aliphatic heterocycles. The van der Waals surface area contributed by atoms with Gasteiger partial charge in [-0.2, -0.15) is 4.31 Å². The van der Waals surface area contributed by atoms with Crippen molar-refractivity contribution in [2.45, 2.75) is 42.7 Å². The highest BCUT2D eigenvalue weighted by Gasteiger charge is 2.47. The van der Waals surface area contributed by atoms with E-state index in [0.29, 0.717) is 0 Å². The summed E-state index contributed by atoms with van der Waals surface area (Å²) in [6.45, 7) is 3.60. The van der Waals surface area contributed by atoms with Crippen molar-refractivity contribution in [3.63, 3.8) is 0 Å². The molecule has 0 spiro atoms. The summed E-state index contributed by atoms with van der Waals surface area (Å²) < 4.78 is 28.1. The molecule has 2 aromatic rings. The normalized spacial score (nSPS) is 19.0. The molecule has 10 nitrogen and oxygen atoms in total. The highest BCUT2D eigenvalue weighted by Crippen LogP contribution is 2.38. The zero-order valence-corrected chi connectivity index (χ0v) is 21.6. The maximum Gasteiger partial charge on any atom is 0.328 e. The Morgan fingerprint density at radius 1 is 1.03 bits per heavy atom. The Kier molecular flexibility index (Phi) is 9.35. The number of hydrogen-bond acceptors (Lipinski definition) is 6. The minimum Gasteiger partial charge on any atom is -0.480 e. The summed E-state index contributed by atoms with van der Waals surface area (Å²) in [5.41, 5.74) is 0.869. The van der Waals surface area contributed by atoms with Crippen LogP contribution in [0.3, 0.4) is 0 Å². The van der Waals surface area contributed by atoms with E-state index in [1.807, 2.05) is 44.2 Å². The van der Waals surface area contributed by atoms with Gasteiger partial charge >= 0.3 is 12.0 Å². The van der Waals surface area contributed by atoms with Crippen molar-refractivity contribution >= 4 is 39.7 Å². The van der Waals surface area contributed by atoms with Crippen LogP contribution >= 0.6 is 11.8 Å². The SMILES string of the molecule is CC(C)C1SCC(C(=O)NC(CNC(=O)NCc2ccccc2)C(=O)O)N1S(=O)(=O)c1ccccc1. The summed E-state index contributed by atoms with van der Waals surface area (Å²) in [7, 11) is -4.02. The molecule has 0 aromatic heterocycles. The molecule has 36 heavy (non-hydrogen) atoms. The van der Waals surface area contributed by atoms with Crippen LogP contribution in [0, 0.1) is 5.92 Å². The largest absolute Gasteiger partial charge is 0.480 e. The summed E-state index contributed by atoms with van der Waals surface area (Å²) in [4.78, 5) is 37.1. The second kappa shape index (κ2) is 12.2. The molecule has 1 aliphatic rings. The number of urea groups is 1. The Hall–Kier alpha value is -3.09. The molecule has 0 aliphatic carbocycles. The molecule has 0 radical (unpaired) electrons. The average Bonchev–Trinajstić information content (AvgIpc) is 3.33. The zero-order valence-electron chi connectivity index (χ0n) is 20.0. The molecule has 1 fully saturated rings. The smallest absolute Gasteiger partial charge is 0.328 e. The highest BCUT2D eigenvalue weighted by atomic mass is 32.2. The van der Waals surface area contributed by atoms with Crippen molar-refractivity contribution in [3.05, 3.63) is 66.2 Å². The molecule has 1 heterocycles. The lowest BCUT2D eigenvalue weighted by atomic mass is 10.2. The fourth-order valence-electron chi connectivity index (χ4n) is 3.71. The van der Waals surface area contributed by atoms with Crippen LogP contribution in [0.25, 0.3) is 0 Å². The first-order valence-corrected chi connectivity index (χ1v) is 13.9. The topological polar surface area (TPSA) is 145 Å². The number of benzene rings is 2. The quantitative estimate of drug-likeness (QED) is 0.364. The number of amides is 3. The molecule has 3 atom stereocenters. The number of nitrogens with zero attached hydrogens (tertiary/aromatic N) is 1. The molecule has 2 aromatic carbocycles. The van der Waals surface area contributed by atoms with E-state index in [2.05, 4.69) is 16.0 Å². The fourth-order valence-corrected chi connectivity index (χ4v) is 7.47. The second-order valence-corrected chi connectivity index (χ2v) is 11.6. The van der Waals surface area contributed by atoms with Crippen LogP contribution in [0.5, 0.6) is 0 Å². The van der Waals surface area contributed by atoms with Gasteiger partial charge in [-0.15, -0.1) is 11.8 Å². The number of aliphatic carboxylic acids is 1. The van der Waals surface area contributed by atoms with E-state index in [1.165, 1.54) is 28.2 Å². The van der Waals surface area contributed by atoms with Crippen molar-refractivity contribution in [2.24, 2.45) is 5.92 Å². The van der Waals surface area contributed by atoms with Crippen molar-refractivity contribution in [2.75, 3.05) is 12.3 Å². The van der Waals surface area contributed by atoms with Gasteiger partial charge in [-0.05, 0) is 23.6 Å². The van der Waals surface area contributed by atoms with E-state index in [9.17, 15) is 27.9 Å². The minimum atomic E-state index is -4.02. The van der Waals surface area contributed by atoms with E-state index < -0.39 is 45.4 Å². The zero-order chi connectivity index (χ0) is 26.3. The molecule has 3 amide bonds. The Bertz CT molecular complexity index is 1160. The van der Waals surface area contributed by atoms with E-state index in [1.54, 1.807) is 18.2 Å². The van der Waals surface area contributed by atoms with E-state index >= 15 is 0 Å². The predicted molar refractivity (Wildman–Crippen MR) is 137 cm³/mol. The summed E-state index contributed by atoms with van der Waals surface area (Å²) >= 11 is 1.33. The number of hydrogen-bond donors (Lipinski definition) is 4. The molecule has 1 saturated heterocycles. The van der Waals surface area contributed by atoms with Crippen LogP contribution < -0.4 is 16.0 Å². The maximum atomic E-state index is 13.4. The van der Waals surface area contributed by atoms with Gasteiger partial charge in [-0.3, -0.25) is 4.79 Å². The monoisotopic (exact) mass is 534 g/mol. The number of carboxylic acids is 1. The molecule has 4 N–H and O–H groups in total. The first-order valence-electron chi connectivity index (χ1n) is 11.4. The third kappa shape index (κ3) is 6.77. The molecule has 194 valence electrons. The van der Waals surface area contributed by atoms with Crippen molar-refractivity contribution in [3.8, 4) is 0 Å². The van der Waals surface area contributed by atoms with Gasteiger partial charge in [0.1, 0.15) is 12.1 Å². The van der Waals surface area contributed by atoms with Crippen LogP contribution in [-0.2, 0) is 26.2 Å². The number of rotatable bonds is 10. The molecule has 0 bridgehead atoms. The van der Waals surface area contributed by atoms with Crippen LogP contribution in [0.15, 0.2) is 65.6 Å². The maximum absolute atomic E-state index is 13.4. The third-order valence-corrected chi connectivity index (χ3v) is 9.21. The second-order valence-electron chi connectivity index (χ2n) is 8.58. The number of nitrogens with one attached hydrogen (secondary N) is 3. The number of thioether (sulfide) groups is 1. The Morgan fingerprint density at radius 3 is 2.22 bits per heavy atom. The van der Waals surface area contributed by atoms with E-state index in [-0.39, 0.29) is 29.7 Å². The number of carbonyl (C=O) groups is 3. The predicted octanol–water partition coefficient (Wildman–Crippen LogP) is 1.84. The van der Waals surface area contributed by atoms with Gasteiger partial charge in [0.25, 0.3) is 0 Å². The third-order valence-electron chi connectivity index (χ3n) is 5.55. The van der Waals surface area contributed by atoms with Gasteiger partial charge in [0, 0.05) is 12.3 Å². The van der Waals surface area contributed by atoms with Gasteiger partial charge in [0.15, 0.2) is 0 Å². The minimum absolute atomic E-state index is 0.0579. The lowest BCUT2D eigenvalue weighted by Gasteiger charge is -2.30. The van der Waals surface area contributed by atoms with Gasteiger partial charge < -0.3 is 21.1 Å². The number of carbonyl (C=O) groups excluding carboxylic acids is 2. The van der Waals surface area contributed by atoms with E-state index in [4.69, 9.17) is 0 Å². The lowest BCUT2D eigenvalue weighted by Crippen LogP contribution is -2.56. The molecule has 0 saturated carbocycles. The molecular formula is C24H30N4O6S2. The van der Waals surface area contributed by atoms with Crippen LogP contribution in [0.1, 0.15) is 19.4 Å². The fraction of sp³-hybridized carbons (Fsp3) is 0.375. The van der Waals surface area contributed by atoms with Gasteiger partial charge in [0.05, 0.1) is 16.8 Å². The number of sulfonamides is 1. The molecule has 3 unspecified atom stereocenters. The molecule has 3 rings (SSSR count). The van der Waals surface area contributed by atoms with Crippen LogP contribution in [0.4, 0.5) is 4.79 Å². The summed E-state index contributed by atoms with van der Waals surface area (Å²) in [6.07, 6.45) is 0. The van der Waals surface area contributed by atoms with Gasteiger partial charge in [-0.25, -0.2) is 18.0 Å². The van der Waals surface area contributed by atoms with Crippen LogP contribution in [0.2, 0.25) is 0 Å². The summed E-state index contributed by atoms with van der Waals surface area (Å²) in [6, 6.07) is 13.9. The average molecular weight is 535 g/mol. The molecular weight excluding hydrogens is 504 g/mol. The lowest BCUT2D eigenvalue weighted by molar-refractivity contribution is -0.142. The standard InChI is InChI=1S/C24H30N4O6S2/c1-16(2)22-28(36(33,34)18-11-7-4-8-12-18)20(15-35-22)21(29)27-19(23(30)31)14-26-24(32)25-13-17-9-5-3-6-10-17/h3-12,16,19-20,22H,13-15H2,1-2H3,(H,27,29)(H,30,31)(H2,25,26,32). The van der Waals surface area contributed by atoms with E-state index in [0.717, 1.165) is 5.56 Å². The first-order chi connectivity index (χ1) is 17.1. The van der Waals surface area contributed by atoms with Crippen LogP contribution in [-0.4, -0.2) is 65.5 Å². The summed E-state index contributed by atoms with van der Waals surface area (Å²) in [5.74, 6) is -1.99. The Labute approximate surface area is 214 Å². The van der Waals surface area contributed by atoms with Gasteiger partial charge in [-0.1, -0.05) is 62.4 Å². The van der Waals surface area contributed by atoms with Crippen molar-refractivity contribution < 1.29 is 27.9 Å². The number of carboxylic acid groups (broad SMARTS) is 1. The summed E-state index contributed by atoms with van der Waals surface area (Å²) in [5, 5.41) is 16.6. The molecule has 12 heteroatoms. The van der Waals surface area contributed by atoms with Crippen molar-refractivity contribution in [1.29, 1.82) is 0 Å². The Balaban J connectivity index is 1.67. The Morgan fingerprint density at radius 2 is 1.64 bits per heavy atom. The first kappa shape index (κ1) is 27.5.